The van der Waals surface area contributed by atoms with E-state index in [1.807, 2.05) is 30.3 Å². The molecule has 0 aliphatic rings. The van der Waals surface area contributed by atoms with Crippen LogP contribution in [0.1, 0.15) is 25.8 Å². The molecule has 1 aromatic rings. The summed E-state index contributed by atoms with van der Waals surface area (Å²) in [7, 11) is 0. The van der Waals surface area contributed by atoms with Crippen LogP contribution in [0.15, 0.2) is 42.5 Å². The zero-order valence-electron chi connectivity index (χ0n) is 10.2. The number of aliphatic hydroxyl groups is 1. The number of benzene rings is 1. The smallest absolute Gasteiger partial charge is 0.330 e. The Labute approximate surface area is 102 Å². The zero-order valence-corrected chi connectivity index (χ0v) is 10.2. The quantitative estimate of drug-likeness (QED) is 0.628. The summed E-state index contributed by atoms with van der Waals surface area (Å²) in [4.78, 5) is 11.1. The number of carbonyl (C=O) groups is 1. The van der Waals surface area contributed by atoms with Crippen LogP contribution in [-0.4, -0.2) is 17.7 Å². The number of esters is 1. The van der Waals surface area contributed by atoms with E-state index in [4.69, 9.17) is 4.74 Å². The van der Waals surface area contributed by atoms with Gasteiger partial charge in [0.05, 0.1) is 12.2 Å². The summed E-state index contributed by atoms with van der Waals surface area (Å²) >= 11 is 0. The molecule has 0 spiro atoms. The molecule has 0 bridgehead atoms. The van der Waals surface area contributed by atoms with Gasteiger partial charge in [-0.15, -0.1) is 0 Å². The summed E-state index contributed by atoms with van der Waals surface area (Å²) in [5.74, 6) is -0.378. The van der Waals surface area contributed by atoms with Crippen molar-refractivity contribution in [1.29, 1.82) is 0 Å². The highest BCUT2D eigenvalue weighted by Gasteiger charge is 2.20. The summed E-state index contributed by atoms with van der Waals surface area (Å²) in [6.07, 6.45) is 3.35. The van der Waals surface area contributed by atoms with Crippen LogP contribution < -0.4 is 0 Å². The summed E-state index contributed by atoms with van der Waals surface area (Å²) in [6, 6.07) is 9.36. The molecule has 0 unspecified atom stereocenters. The fourth-order valence-corrected chi connectivity index (χ4v) is 1.49. The predicted octanol–water partition coefficient (Wildman–Crippen LogP) is 2.40. The highest BCUT2D eigenvalue weighted by Crippen LogP contribution is 2.24. The second kappa shape index (κ2) is 6.21. The fraction of sp³-hybridized carbons (Fsp3) is 0.357. The molecule has 92 valence electrons. The van der Waals surface area contributed by atoms with Gasteiger partial charge < -0.3 is 9.84 Å². The van der Waals surface area contributed by atoms with Crippen LogP contribution in [0, 0.1) is 0 Å². The monoisotopic (exact) mass is 234 g/mol. The molecular formula is C14H18O3. The van der Waals surface area contributed by atoms with Crippen LogP contribution in [0.3, 0.4) is 0 Å². The van der Waals surface area contributed by atoms with Gasteiger partial charge >= 0.3 is 5.97 Å². The first kappa shape index (κ1) is 13.5. The molecule has 1 atom stereocenters. The Morgan fingerprint density at radius 3 is 2.65 bits per heavy atom. The molecule has 0 aliphatic heterocycles. The van der Waals surface area contributed by atoms with E-state index in [1.54, 1.807) is 19.9 Å². The Morgan fingerprint density at radius 1 is 1.41 bits per heavy atom. The van der Waals surface area contributed by atoms with Gasteiger partial charge in [-0.05, 0) is 25.8 Å². The van der Waals surface area contributed by atoms with Gasteiger partial charge in [0.25, 0.3) is 0 Å². The molecule has 0 fully saturated rings. The van der Waals surface area contributed by atoms with Crippen molar-refractivity contribution >= 4 is 5.97 Å². The third-order valence-corrected chi connectivity index (χ3v) is 2.45. The maximum Gasteiger partial charge on any atom is 0.330 e. The highest BCUT2D eigenvalue weighted by atomic mass is 16.5. The van der Waals surface area contributed by atoms with Gasteiger partial charge in [-0.25, -0.2) is 4.79 Å². The lowest BCUT2D eigenvalue weighted by molar-refractivity contribution is -0.137. The molecule has 0 heterocycles. The molecule has 3 heteroatoms. The third kappa shape index (κ3) is 4.41. The first-order valence-corrected chi connectivity index (χ1v) is 5.67. The molecule has 0 aromatic heterocycles. The highest BCUT2D eigenvalue weighted by molar-refractivity contribution is 5.81. The Bertz CT molecular complexity index is 380. The SMILES string of the molecule is CCOC(=O)/C=C\C[C@@](C)(O)c1ccccc1. The van der Waals surface area contributed by atoms with Crippen LogP contribution in [0.4, 0.5) is 0 Å². The van der Waals surface area contributed by atoms with Gasteiger partial charge in [-0.1, -0.05) is 36.4 Å². The third-order valence-electron chi connectivity index (χ3n) is 2.45. The molecule has 0 saturated carbocycles. The van der Waals surface area contributed by atoms with Gasteiger partial charge in [0.1, 0.15) is 0 Å². The van der Waals surface area contributed by atoms with E-state index in [0.717, 1.165) is 5.56 Å². The van der Waals surface area contributed by atoms with E-state index in [2.05, 4.69) is 0 Å². The van der Waals surface area contributed by atoms with Gasteiger partial charge in [0.15, 0.2) is 0 Å². The Kier molecular flexibility index (Phi) is 4.91. The maximum absolute atomic E-state index is 11.1. The van der Waals surface area contributed by atoms with E-state index >= 15 is 0 Å². The fourth-order valence-electron chi connectivity index (χ4n) is 1.49. The Hall–Kier alpha value is -1.61. The van der Waals surface area contributed by atoms with Crippen LogP contribution in [0.5, 0.6) is 0 Å². The normalized spacial score (nSPS) is 14.5. The van der Waals surface area contributed by atoms with E-state index in [9.17, 15) is 9.90 Å². The molecule has 1 N–H and O–H groups in total. The summed E-state index contributed by atoms with van der Waals surface area (Å²) in [5.41, 5.74) is -0.141. The number of rotatable bonds is 5. The van der Waals surface area contributed by atoms with Crippen molar-refractivity contribution in [2.45, 2.75) is 25.9 Å². The average molecular weight is 234 g/mol. The summed E-state index contributed by atoms with van der Waals surface area (Å²) in [6.45, 7) is 3.84. The zero-order chi connectivity index (χ0) is 12.7. The Balaban J connectivity index is 2.59. The van der Waals surface area contributed by atoms with Crippen molar-refractivity contribution in [3.8, 4) is 0 Å². The maximum atomic E-state index is 11.1. The van der Waals surface area contributed by atoms with Crippen LogP contribution >= 0.6 is 0 Å². The number of ether oxygens (including phenoxy) is 1. The second-order valence-electron chi connectivity index (χ2n) is 4.00. The lowest BCUT2D eigenvalue weighted by Gasteiger charge is -2.21. The van der Waals surface area contributed by atoms with Crippen molar-refractivity contribution < 1.29 is 14.6 Å². The molecule has 0 aliphatic carbocycles. The van der Waals surface area contributed by atoms with Crippen LogP contribution in [-0.2, 0) is 15.1 Å². The van der Waals surface area contributed by atoms with E-state index in [-0.39, 0.29) is 5.97 Å². The number of hydrogen-bond donors (Lipinski definition) is 1. The van der Waals surface area contributed by atoms with E-state index < -0.39 is 5.60 Å². The molecular weight excluding hydrogens is 216 g/mol. The van der Waals surface area contributed by atoms with Crippen LogP contribution in [0.2, 0.25) is 0 Å². The topological polar surface area (TPSA) is 46.5 Å². The second-order valence-corrected chi connectivity index (χ2v) is 4.00. The first-order chi connectivity index (χ1) is 8.06. The van der Waals surface area contributed by atoms with E-state index in [0.29, 0.717) is 13.0 Å². The van der Waals surface area contributed by atoms with Crippen LogP contribution in [0.25, 0.3) is 0 Å². The van der Waals surface area contributed by atoms with E-state index in [1.165, 1.54) is 6.08 Å². The van der Waals surface area contributed by atoms with Crippen molar-refractivity contribution in [2.24, 2.45) is 0 Å². The van der Waals surface area contributed by atoms with Crippen molar-refractivity contribution in [3.63, 3.8) is 0 Å². The van der Waals surface area contributed by atoms with Gasteiger partial charge in [0, 0.05) is 6.08 Å². The first-order valence-electron chi connectivity index (χ1n) is 5.67. The minimum Gasteiger partial charge on any atom is -0.463 e. The van der Waals surface area contributed by atoms with Crippen molar-refractivity contribution in [2.75, 3.05) is 6.61 Å². The molecule has 1 rings (SSSR count). The summed E-state index contributed by atoms with van der Waals surface area (Å²) < 4.78 is 4.75. The minimum absolute atomic E-state index is 0.359. The number of hydrogen-bond acceptors (Lipinski definition) is 3. The number of carbonyl (C=O) groups excluding carboxylic acids is 1. The minimum atomic E-state index is -0.968. The van der Waals surface area contributed by atoms with Gasteiger partial charge in [-0.2, -0.15) is 0 Å². The summed E-state index contributed by atoms with van der Waals surface area (Å²) in [5, 5.41) is 10.2. The molecule has 1 aromatic carbocycles. The molecule has 3 nitrogen and oxygen atoms in total. The lowest BCUT2D eigenvalue weighted by atomic mass is 9.92. The van der Waals surface area contributed by atoms with Crippen molar-refractivity contribution in [3.05, 3.63) is 48.0 Å². The van der Waals surface area contributed by atoms with Gasteiger partial charge in [0.2, 0.25) is 0 Å². The van der Waals surface area contributed by atoms with Gasteiger partial charge in [-0.3, -0.25) is 0 Å². The average Bonchev–Trinajstić information content (AvgIpc) is 2.30. The molecule has 0 radical (unpaired) electrons. The largest absolute Gasteiger partial charge is 0.463 e. The Morgan fingerprint density at radius 2 is 2.06 bits per heavy atom. The van der Waals surface area contributed by atoms with Crippen molar-refractivity contribution in [1.82, 2.24) is 0 Å². The standard InChI is InChI=1S/C14H18O3/c1-3-17-13(15)10-7-11-14(2,16)12-8-5-4-6-9-12/h4-10,16H,3,11H2,1-2H3/b10-7-/t14-/m1/s1. The predicted molar refractivity (Wildman–Crippen MR) is 66.4 cm³/mol. The lowest BCUT2D eigenvalue weighted by Crippen LogP contribution is -2.19. The molecule has 0 saturated heterocycles. The molecule has 17 heavy (non-hydrogen) atoms. The molecule has 0 amide bonds.